The molecule has 0 saturated heterocycles. The Balaban J connectivity index is 4.58. The van der Waals surface area contributed by atoms with Crippen molar-refractivity contribution in [3.63, 3.8) is 0 Å². The minimum absolute atomic E-state index is 0.301. The van der Waals surface area contributed by atoms with E-state index in [-0.39, 0.29) is 18.1 Å². The number of Topliss-reactive ketones (excluding diaryl/α,β-unsaturated/α-hetero) is 2. The molecule has 17 heavy (non-hydrogen) atoms. The van der Waals surface area contributed by atoms with E-state index < -0.39 is 24.3 Å². The fraction of sp³-hybridized carbons (Fsp3) is 0.833. The van der Waals surface area contributed by atoms with E-state index in [0.29, 0.717) is 12.8 Å². The summed E-state index contributed by atoms with van der Waals surface area (Å²) < 4.78 is 37.4. The van der Waals surface area contributed by atoms with Crippen LogP contribution in [0.25, 0.3) is 0 Å². The topological polar surface area (TPSA) is 34.1 Å². The van der Waals surface area contributed by atoms with E-state index in [2.05, 4.69) is 0 Å². The van der Waals surface area contributed by atoms with Crippen LogP contribution in [0.1, 0.15) is 46.5 Å². The van der Waals surface area contributed by atoms with Gasteiger partial charge in [0.1, 0.15) is 11.7 Å². The first kappa shape index (κ1) is 16.1. The lowest BCUT2D eigenvalue weighted by Crippen LogP contribution is -2.32. The zero-order chi connectivity index (χ0) is 13.6. The van der Waals surface area contributed by atoms with Gasteiger partial charge in [-0.15, -0.1) is 0 Å². The summed E-state index contributed by atoms with van der Waals surface area (Å²) in [5, 5.41) is 0. The molecule has 0 aliphatic carbocycles. The molecule has 0 fully saturated rings. The third kappa shape index (κ3) is 4.88. The average molecular weight is 252 g/mol. The summed E-state index contributed by atoms with van der Waals surface area (Å²) in [6.45, 7) is 4.88. The van der Waals surface area contributed by atoms with Crippen molar-refractivity contribution in [1.82, 2.24) is 0 Å². The van der Waals surface area contributed by atoms with Crippen molar-refractivity contribution in [3.05, 3.63) is 0 Å². The highest BCUT2D eigenvalue weighted by Gasteiger charge is 2.43. The van der Waals surface area contributed by atoms with E-state index in [1.54, 1.807) is 13.8 Å². The highest BCUT2D eigenvalue weighted by molar-refractivity contribution is 6.01. The molecule has 0 radical (unpaired) electrons. The molecule has 0 saturated carbocycles. The summed E-state index contributed by atoms with van der Waals surface area (Å²) in [7, 11) is 0. The van der Waals surface area contributed by atoms with Crippen molar-refractivity contribution in [2.45, 2.75) is 52.6 Å². The quantitative estimate of drug-likeness (QED) is 0.649. The zero-order valence-corrected chi connectivity index (χ0v) is 10.4. The largest absolute Gasteiger partial charge is 0.398 e. The number of halogens is 3. The summed E-state index contributed by atoms with van der Waals surface area (Å²) in [6, 6.07) is 0. The maximum atomic E-state index is 12.5. The molecule has 0 aliphatic rings. The molecule has 0 spiro atoms. The molecule has 1 unspecified atom stereocenters. The molecule has 0 aliphatic heterocycles. The second-order valence-electron chi connectivity index (χ2n) is 4.13. The van der Waals surface area contributed by atoms with Crippen LogP contribution >= 0.6 is 0 Å². The van der Waals surface area contributed by atoms with Crippen molar-refractivity contribution >= 4 is 11.6 Å². The van der Waals surface area contributed by atoms with Gasteiger partial charge in [-0.25, -0.2) is 0 Å². The van der Waals surface area contributed by atoms with E-state index in [1.165, 1.54) is 6.92 Å². The van der Waals surface area contributed by atoms with Gasteiger partial charge in [0, 0.05) is 5.92 Å². The van der Waals surface area contributed by atoms with Gasteiger partial charge in [-0.1, -0.05) is 20.8 Å². The molecule has 0 aromatic carbocycles. The number of hydrogen-bond donors (Lipinski definition) is 0. The highest BCUT2D eigenvalue weighted by Crippen LogP contribution is 2.30. The van der Waals surface area contributed by atoms with Crippen molar-refractivity contribution < 1.29 is 22.8 Å². The number of carbonyl (C=O) groups excluding carboxylic acids is 2. The normalized spacial score (nSPS) is 13.8. The van der Waals surface area contributed by atoms with E-state index in [0.717, 1.165) is 0 Å². The fourth-order valence-electron chi connectivity index (χ4n) is 1.82. The summed E-state index contributed by atoms with van der Waals surface area (Å²) in [6.07, 6.45) is -4.32. The molecular formula is C12H19F3O2. The van der Waals surface area contributed by atoms with E-state index in [9.17, 15) is 22.8 Å². The van der Waals surface area contributed by atoms with Gasteiger partial charge in [-0.2, -0.15) is 13.2 Å². The standard InChI is InChI=1S/C12H19F3O2/c1-4-8(5-2)10(16)7-11(17)9(6-3)12(13,14)15/h8-9H,4-7H2,1-3H3. The van der Waals surface area contributed by atoms with Gasteiger partial charge in [-0.3, -0.25) is 9.59 Å². The summed E-state index contributed by atoms with van der Waals surface area (Å²) in [5.41, 5.74) is 0. The average Bonchev–Trinajstić information content (AvgIpc) is 2.17. The minimum Gasteiger partial charge on any atom is -0.299 e. The van der Waals surface area contributed by atoms with Gasteiger partial charge in [-0.05, 0) is 19.3 Å². The van der Waals surface area contributed by atoms with Crippen LogP contribution in [-0.4, -0.2) is 17.7 Å². The molecule has 2 nitrogen and oxygen atoms in total. The van der Waals surface area contributed by atoms with Gasteiger partial charge in [0.05, 0.1) is 6.42 Å². The molecule has 1 atom stereocenters. The Hall–Kier alpha value is -0.870. The molecule has 0 N–H and O–H groups in total. The molecule has 100 valence electrons. The van der Waals surface area contributed by atoms with Crippen LogP contribution in [0.3, 0.4) is 0 Å². The first-order chi connectivity index (χ1) is 7.77. The Morgan fingerprint density at radius 2 is 1.41 bits per heavy atom. The minimum atomic E-state index is -4.54. The SMILES string of the molecule is CCC(CC)C(=O)CC(=O)C(CC)C(F)(F)F. The maximum Gasteiger partial charge on any atom is 0.398 e. The highest BCUT2D eigenvalue weighted by atomic mass is 19.4. The Kier molecular flexibility index (Phi) is 6.42. The van der Waals surface area contributed by atoms with Crippen LogP contribution < -0.4 is 0 Å². The van der Waals surface area contributed by atoms with E-state index in [1.807, 2.05) is 0 Å². The summed E-state index contributed by atoms with van der Waals surface area (Å²) >= 11 is 0. The Labute approximate surface area is 99.6 Å². The molecule has 0 heterocycles. The number of carbonyl (C=O) groups is 2. The fourth-order valence-corrected chi connectivity index (χ4v) is 1.82. The lowest BCUT2D eigenvalue weighted by atomic mass is 9.90. The lowest BCUT2D eigenvalue weighted by Gasteiger charge is -2.18. The predicted molar refractivity (Wildman–Crippen MR) is 58.5 cm³/mol. The van der Waals surface area contributed by atoms with E-state index in [4.69, 9.17) is 0 Å². The predicted octanol–water partition coefficient (Wildman–Crippen LogP) is 3.54. The number of rotatable bonds is 7. The molecule has 0 bridgehead atoms. The second-order valence-corrected chi connectivity index (χ2v) is 4.13. The van der Waals surface area contributed by atoms with Crippen LogP contribution in [0.5, 0.6) is 0 Å². The van der Waals surface area contributed by atoms with Crippen molar-refractivity contribution in [2.24, 2.45) is 11.8 Å². The van der Waals surface area contributed by atoms with Crippen LogP contribution in [0.4, 0.5) is 13.2 Å². The molecule has 0 aromatic heterocycles. The Morgan fingerprint density at radius 3 is 1.71 bits per heavy atom. The summed E-state index contributed by atoms with van der Waals surface area (Å²) in [4.78, 5) is 23.0. The first-order valence-electron chi connectivity index (χ1n) is 5.89. The number of alkyl halides is 3. The van der Waals surface area contributed by atoms with Gasteiger partial charge in [0.15, 0.2) is 5.78 Å². The third-order valence-electron chi connectivity index (χ3n) is 2.98. The molecule has 0 aromatic rings. The van der Waals surface area contributed by atoms with E-state index >= 15 is 0 Å². The molecule has 5 heteroatoms. The molecule has 0 amide bonds. The van der Waals surface area contributed by atoms with Crippen LogP contribution in [0, 0.1) is 11.8 Å². The van der Waals surface area contributed by atoms with Gasteiger partial charge in [0.25, 0.3) is 0 Å². The monoisotopic (exact) mass is 252 g/mol. The Morgan fingerprint density at radius 1 is 0.941 bits per heavy atom. The Bertz CT molecular complexity index is 267. The number of hydrogen-bond acceptors (Lipinski definition) is 2. The lowest BCUT2D eigenvalue weighted by molar-refractivity contribution is -0.181. The maximum absolute atomic E-state index is 12.5. The number of ketones is 2. The van der Waals surface area contributed by atoms with Gasteiger partial charge >= 0.3 is 6.18 Å². The van der Waals surface area contributed by atoms with Gasteiger partial charge in [0.2, 0.25) is 0 Å². The van der Waals surface area contributed by atoms with Crippen LogP contribution in [0.15, 0.2) is 0 Å². The third-order valence-corrected chi connectivity index (χ3v) is 2.98. The molecule has 0 rings (SSSR count). The van der Waals surface area contributed by atoms with Crippen molar-refractivity contribution in [3.8, 4) is 0 Å². The second kappa shape index (κ2) is 6.77. The first-order valence-corrected chi connectivity index (χ1v) is 5.89. The van der Waals surface area contributed by atoms with Crippen molar-refractivity contribution in [1.29, 1.82) is 0 Å². The van der Waals surface area contributed by atoms with Crippen LogP contribution in [-0.2, 0) is 9.59 Å². The molecular weight excluding hydrogens is 233 g/mol. The van der Waals surface area contributed by atoms with Gasteiger partial charge < -0.3 is 0 Å². The van der Waals surface area contributed by atoms with Crippen LogP contribution in [0.2, 0.25) is 0 Å². The smallest absolute Gasteiger partial charge is 0.299 e. The summed E-state index contributed by atoms with van der Waals surface area (Å²) in [5.74, 6) is -3.68. The van der Waals surface area contributed by atoms with Crippen molar-refractivity contribution in [2.75, 3.05) is 0 Å². The zero-order valence-electron chi connectivity index (χ0n) is 10.4.